The van der Waals surface area contributed by atoms with Crippen LogP contribution in [0.2, 0.25) is 0 Å². The van der Waals surface area contributed by atoms with E-state index in [-0.39, 0.29) is 12.1 Å². The van der Waals surface area contributed by atoms with E-state index in [9.17, 15) is 4.79 Å². The van der Waals surface area contributed by atoms with Gasteiger partial charge in [-0.2, -0.15) is 0 Å². The van der Waals surface area contributed by atoms with Gasteiger partial charge in [0.1, 0.15) is 12.4 Å². The molecule has 0 bridgehead atoms. The van der Waals surface area contributed by atoms with E-state index >= 15 is 0 Å². The van der Waals surface area contributed by atoms with Crippen molar-refractivity contribution in [1.29, 1.82) is 0 Å². The van der Waals surface area contributed by atoms with Gasteiger partial charge < -0.3 is 19.7 Å². The fraction of sp³-hybridized carbons (Fsp3) is 0.533. The Morgan fingerprint density at radius 1 is 1.35 bits per heavy atom. The van der Waals surface area contributed by atoms with Gasteiger partial charge in [-0.25, -0.2) is 4.79 Å². The van der Waals surface area contributed by atoms with Gasteiger partial charge in [-0.1, -0.05) is 17.7 Å². The van der Waals surface area contributed by atoms with E-state index in [0.717, 1.165) is 5.75 Å². The summed E-state index contributed by atoms with van der Waals surface area (Å²) < 4.78 is 10.6. The number of hydrogen-bond acceptors (Lipinski definition) is 3. The van der Waals surface area contributed by atoms with Crippen LogP contribution in [-0.2, 0) is 4.74 Å². The summed E-state index contributed by atoms with van der Waals surface area (Å²) in [7, 11) is 3.35. The van der Waals surface area contributed by atoms with Gasteiger partial charge in [-0.15, -0.1) is 0 Å². The molecule has 5 heteroatoms. The summed E-state index contributed by atoms with van der Waals surface area (Å²) in [6.07, 6.45) is 0. The molecule has 1 atom stereocenters. The van der Waals surface area contributed by atoms with Crippen LogP contribution in [0.15, 0.2) is 24.3 Å². The molecule has 0 unspecified atom stereocenters. The van der Waals surface area contributed by atoms with Gasteiger partial charge in [-0.3, -0.25) is 0 Å². The molecule has 0 aliphatic carbocycles. The van der Waals surface area contributed by atoms with Gasteiger partial charge in [0.05, 0.1) is 12.6 Å². The molecule has 0 aliphatic rings. The van der Waals surface area contributed by atoms with E-state index in [1.54, 1.807) is 19.1 Å². The quantitative estimate of drug-likeness (QED) is 0.831. The van der Waals surface area contributed by atoms with Crippen LogP contribution in [0.3, 0.4) is 0 Å². The van der Waals surface area contributed by atoms with E-state index in [1.165, 1.54) is 5.56 Å². The number of likely N-dealkylation sites (N-methyl/N-ethyl adjacent to an activating group) is 1. The van der Waals surface area contributed by atoms with E-state index < -0.39 is 0 Å². The number of aryl methyl sites for hydroxylation is 1. The molecular formula is C15H24N2O3. The Labute approximate surface area is 120 Å². The molecule has 0 saturated heterocycles. The highest BCUT2D eigenvalue weighted by atomic mass is 16.5. The molecule has 1 rings (SSSR count). The summed E-state index contributed by atoms with van der Waals surface area (Å²) in [6.45, 7) is 5.47. The van der Waals surface area contributed by atoms with Crippen molar-refractivity contribution in [3.05, 3.63) is 29.8 Å². The third kappa shape index (κ3) is 5.93. The highest BCUT2D eigenvalue weighted by Gasteiger charge is 2.11. The lowest BCUT2D eigenvalue weighted by molar-refractivity contribution is 0.156. The minimum absolute atomic E-state index is 0.0613. The minimum atomic E-state index is -0.123. The Bertz CT molecular complexity index is 406. The number of urea groups is 1. The highest BCUT2D eigenvalue weighted by Crippen LogP contribution is 2.11. The maximum Gasteiger partial charge on any atom is 0.317 e. The zero-order valence-corrected chi connectivity index (χ0v) is 12.7. The smallest absolute Gasteiger partial charge is 0.317 e. The summed E-state index contributed by atoms with van der Waals surface area (Å²) in [4.78, 5) is 13.4. The average Bonchev–Trinajstić information content (AvgIpc) is 2.44. The Balaban J connectivity index is 2.30. The number of carbonyl (C=O) groups is 1. The predicted molar refractivity (Wildman–Crippen MR) is 79.2 cm³/mol. The van der Waals surface area contributed by atoms with Crippen molar-refractivity contribution >= 4 is 6.03 Å². The van der Waals surface area contributed by atoms with Crippen LogP contribution in [0.25, 0.3) is 0 Å². The van der Waals surface area contributed by atoms with Gasteiger partial charge in [0, 0.05) is 20.7 Å². The fourth-order valence-corrected chi connectivity index (χ4v) is 1.55. The number of methoxy groups -OCH3 is 1. The predicted octanol–water partition coefficient (Wildman–Crippen LogP) is 2.05. The largest absolute Gasteiger partial charge is 0.491 e. The molecule has 5 nitrogen and oxygen atoms in total. The second kappa shape index (κ2) is 8.43. The zero-order chi connectivity index (χ0) is 15.0. The van der Waals surface area contributed by atoms with Crippen molar-refractivity contribution in [2.45, 2.75) is 19.9 Å². The van der Waals surface area contributed by atoms with Crippen molar-refractivity contribution in [2.24, 2.45) is 0 Å². The molecule has 0 radical (unpaired) electrons. The first-order valence-corrected chi connectivity index (χ1v) is 6.73. The average molecular weight is 280 g/mol. The van der Waals surface area contributed by atoms with Gasteiger partial charge in [0.25, 0.3) is 0 Å². The number of benzene rings is 1. The first-order chi connectivity index (χ1) is 9.52. The Kier molecular flexibility index (Phi) is 6.87. The Morgan fingerprint density at radius 3 is 2.60 bits per heavy atom. The summed E-state index contributed by atoms with van der Waals surface area (Å²) in [5.41, 5.74) is 1.19. The third-order valence-electron chi connectivity index (χ3n) is 2.87. The minimum Gasteiger partial charge on any atom is -0.491 e. The summed E-state index contributed by atoms with van der Waals surface area (Å²) in [5.74, 6) is 0.810. The van der Waals surface area contributed by atoms with Crippen molar-refractivity contribution in [3.8, 4) is 5.75 Å². The summed E-state index contributed by atoms with van der Waals surface area (Å²) in [6, 6.07) is 7.66. The van der Waals surface area contributed by atoms with Crippen molar-refractivity contribution in [2.75, 3.05) is 33.9 Å². The topological polar surface area (TPSA) is 50.8 Å². The van der Waals surface area contributed by atoms with Gasteiger partial charge in [-0.05, 0) is 26.0 Å². The number of hydrogen-bond donors (Lipinski definition) is 1. The lowest BCUT2D eigenvalue weighted by Gasteiger charge is -2.21. The van der Waals surface area contributed by atoms with Crippen molar-refractivity contribution in [1.82, 2.24) is 10.2 Å². The van der Waals surface area contributed by atoms with Crippen molar-refractivity contribution < 1.29 is 14.3 Å². The van der Waals surface area contributed by atoms with Crippen LogP contribution < -0.4 is 10.1 Å². The Morgan fingerprint density at radius 2 is 2.00 bits per heavy atom. The molecule has 0 saturated carbocycles. The first kappa shape index (κ1) is 16.3. The molecule has 0 aliphatic heterocycles. The molecule has 0 aromatic heterocycles. The van der Waals surface area contributed by atoms with Gasteiger partial charge in [0.2, 0.25) is 0 Å². The molecule has 0 heterocycles. The number of rotatable bonds is 7. The van der Waals surface area contributed by atoms with E-state index in [2.05, 4.69) is 5.32 Å². The van der Waals surface area contributed by atoms with E-state index in [0.29, 0.717) is 19.8 Å². The van der Waals surface area contributed by atoms with Gasteiger partial charge in [0.15, 0.2) is 0 Å². The fourth-order valence-electron chi connectivity index (χ4n) is 1.55. The van der Waals surface area contributed by atoms with E-state index in [4.69, 9.17) is 9.47 Å². The third-order valence-corrected chi connectivity index (χ3v) is 2.87. The number of nitrogens with zero attached hydrogens (tertiary/aromatic N) is 1. The second-order valence-electron chi connectivity index (χ2n) is 4.89. The highest BCUT2D eigenvalue weighted by molar-refractivity contribution is 5.74. The van der Waals surface area contributed by atoms with Crippen LogP contribution in [0.5, 0.6) is 5.75 Å². The maximum absolute atomic E-state index is 11.8. The van der Waals surface area contributed by atoms with Crippen LogP contribution in [0.1, 0.15) is 12.5 Å². The van der Waals surface area contributed by atoms with Crippen LogP contribution >= 0.6 is 0 Å². The van der Waals surface area contributed by atoms with Gasteiger partial charge >= 0.3 is 6.03 Å². The molecule has 1 aromatic rings. The second-order valence-corrected chi connectivity index (χ2v) is 4.89. The van der Waals surface area contributed by atoms with Crippen LogP contribution in [-0.4, -0.2) is 50.9 Å². The normalized spacial score (nSPS) is 11.8. The number of nitrogens with one attached hydrogen (secondary N) is 1. The lowest BCUT2D eigenvalue weighted by Crippen LogP contribution is -2.45. The molecule has 0 fully saturated rings. The Hall–Kier alpha value is -1.75. The number of ether oxygens (including phenoxy) is 2. The molecular weight excluding hydrogens is 256 g/mol. The van der Waals surface area contributed by atoms with E-state index in [1.807, 2.05) is 38.1 Å². The van der Waals surface area contributed by atoms with Crippen LogP contribution in [0, 0.1) is 6.92 Å². The number of amides is 2. The molecule has 112 valence electrons. The molecule has 1 N–H and O–H groups in total. The van der Waals surface area contributed by atoms with Crippen molar-refractivity contribution in [3.63, 3.8) is 0 Å². The lowest BCUT2D eigenvalue weighted by atomic mass is 10.2. The molecule has 0 spiro atoms. The maximum atomic E-state index is 11.8. The number of carbonyl (C=O) groups excluding carboxylic acids is 1. The molecule has 1 aromatic carbocycles. The summed E-state index contributed by atoms with van der Waals surface area (Å²) in [5, 5.41) is 2.88. The molecule has 20 heavy (non-hydrogen) atoms. The first-order valence-electron chi connectivity index (χ1n) is 6.73. The van der Waals surface area contributed by atoms with Crippen LogP contribution in [0.4, 0.5) is 4.79 Å². The SMILES string of the molecule is COCCN(C)C(=O)N[C@@H](C)COc1ccc(C)cc1. The monoisotopic (exact) mass is 280 g/mol. The standard InChI is InChI=1S/C15H24N2O3/c1-12-5-7-14(8-6-12)20-11-13(2)16-15(18)17(3)9-10-19-4/h5-8,13H,9-11H2,1-4H3,(H,16,18)/t13-/m0/s1. The zero-order valence-electron chi connectivity index (χ0n) is 12.7. The molecule has 2 amide bonds. The summed E-state index contributed by atoms with van der Waals surface area (Å²) >= 11 is 0.